The average Bonchev–Trinajstić information content (AvgIpc) is 2.74. The maximum absolute atomic E-state index is 12.6. The van der Waals surface area contributed by atoms with Gasteiger partial charge in [-0.2, -0.15) is 0 Å². The van der Waals surface area contributed by atoms with Crippen LogP contribution in [0, 0.1) is 6.92 Å². The van der Waals surface area contributed by atoms with Crippen LogP contribution in [-0.4, -0.2) is 59.4 Å². The molecule has 0 atom stereocenters. The molecular weight excluding hydrogens is 402 g/mol. The quantitative estimate of drug-likeness (QED) is 0.705. The first-order valence-electron chi connectivity index (χ1n) is 10.2. The van der Waals surface area contributed by atoms with Crippen molar-refractivity contribution in [3.8, 4) is 5.75 Å². The summed E-state index contributed by atoms with van der Waals surface area (Å²) in [7, 11) is 0. The minimum Gasteiger partial charge on any atom is -0.483 e. The van der Waals surface area contributed by atoms with E-state index in [0.29, 0.717) is 37.0 Å². The van der Waals surface area contributed by atoms with E-state index in [0.717, 1.165) is 16.8 Å². The number of ether oxygens (including phenoxy) is 1. The summed E-state index contributed by atoms with van der Waals surface area (Å²) >= 11 is 6.24. The molecule has 2 heterocycles. The second-order valence-corrected chi connectivity index (χ2v) is 8.25. The lowest BCUT2D eigenvalue weighted by Crippen LogP contribution is -2.52. The Labute approximate surface area is 182 Å². The standard InChI is InChI=1S/C23H28ClN3O3/c1-16(2)19-14-20(24)17(3)12-21(19)30-15-23(29)27-10-8-26(9-11-27)22(28)13-18-6-4-5-7-25-18/h4-7,12,14,16H,8-11,13,15H2,1-3H3. The van der Waals surface area contributed by atoms with E-state index >= 15 is 0 Å². The van der Waals surface area contributed by atoms with Crippen LogP contribution in [0.4, 0.5) is 0 Å². The SMILES string of the molecule is Cc1cc(OCC(=O)N2CCN(C(=O)Cc3ccccn3)CC2)c(C(C)C)cc1Cl. The number of carbonyl (C=O) groups is 2. The number of nitrogens with zero attached hydrogens (tertiary/aromatic N) is 3. The monoisotopic (exact) mass is 429 g/mol. The molecule has 1 aromatic heterocycles. The Morgan fingerprint density at radius 3 is 2.37 bits per heavy atom. The fraction of sp³-hybridized carbons (Fsp3) is 0.435. The summed E-state index contributed by atoms with van der Waals surface area (Å²) in [5.41, 5.74) is 2.67. The van der Waals surface area contributed by atoms with Gasteiger partial charge in [0.1, 0.15) is 5.75 Å². The number of aromatic nitrogens is 1. The maximum Gasteiger partial charge on any atom is 0.260 e. The van der Waals surface area contributed by atoms with E-state index in [1.165, 1.54) is 0 Å². The van der Waals surface area contributed by atoms with Crippen molar-refractivity contribution in [2.24, 2.45) is 0 Å². The van der Waals surface area contributed by atoms with Gasteiger partial charge in [-0.05, 0) is 48.2 Å². The number of piperazine rings is 1. The lowest BCUT2D eigenvalue weighted by atomic mass is 10.0. The zero-order valence-corrected chi connectivity index (χ0v) is 18.5. The molecule has 1 aliphatic heterocycles. The summed E-state index contributed by atoms with van der Waals surface area (Å²) in [6.45, 7) is 8.09. The molecule has 0 N–H and O–H groups in total. The summed E-state index contributed by atoms with van der Waals surface area (Å²) in [4.78, 5) is 32.8. The molecule has 30 heavy (non-hydrogen) atoms. The van der Waals surface area contributed by atoms with E-state index in [2.05, 4.69) is 18.8 Å². The minimum absolute atomic E-state index is 0.0251. The number of benzene rings is 1. The molecule has 1 aromatic carbocycles. The topological polar surface area (TPSA) is 62.7 Å². The second-order valence-electron chi connectivity index (χ2n) is 7.84. The van der Waals surface area contributed by atoms with Crippen LogP contribution in [0.25, 0.3) is 0 Å². The van der Waals surface area contributed by atoms with Crippen LogP contribution in [0.3, 0.4) is 0 Å². The van der Waals surface area contributed by atoms with Gasteiger partial charge in [0.2, 0.25) is 5.91 Å². The molecule has 0 unspecified atom stereocenters. The van der Waals surface area contributed by atoms with E-state index in [-0.39, 0.29) is 30.8 Å². The summed E-state index contributed by atoms with van der Waals surface area (Å²) in [6, 6.07) is 9.35. The van der Waals surface area contributed by atoms with Gasteiger partial charge >= 0.3 is 0 Å². The van der Waals surface area contributed by atoms with Gasteiger partial charge in [-0.25, -0.2) is 0 Å². The van der Waals surface area contributed by atoms with E-state index in [1.54, 1.807) is 16.0 Å². The first-order valence-corrected chi connectivity index (χ1v) is 10.6. The highest BCUT2D eigenvalue weighted by Gasteiger charge is 2.25. The predicted molar refractivity (Wildman–Crippen MR) is 117 cm³/mol. The molecule has 0 bridgehead atoms. The van der Waals surface area contributed by atoms with Gasteiger partial charge in [0, 0.05) is 43.1 Å². The third kappa shape index (κ3) is 5.51. The summed E-state index contributed by atoms with van der Waals surface area (Å²) < 4.78 is 5.86. The number of pyridine rings is 1. The van der Waals surface area contributed by atoms with Crippen LogP contribution in [0.2, 0.25) is 5.02 Å². The smallest absolute Gasteiger partial charge is 0.260 e. The van der Waals surface area contributed by atoms with Crippen molar-refractivity contribution in [3.05, 3.63) is 58.4 Å². The minimum atomic E-state index is -0.0749. The van der Waals surface area contributed by atoms with Gasteiger partial charge in [0.25, 0.3) is 5.91 Å². The molecule has 3 rings (SSSR count). The Bertz CT molecular complexity index is 894. The molecule has 160 valence electrons. The highest BCUT2D eigenvalue weighted by molar-refractivity contribution is 6.31. The molecule has 2 amide bonds. The predicted octanol–water partition coefficient (Wildman–Crippen LogP) is 3.46. The third-order valence-electron chi connectivity index (χ3n) is 5.31. The van der Waals surface area contributed by atoms with Crippen LogP contribution >= 0.6 is 11.6 Å². The number of hydrogen-bond acceptors (Lipinski definition) is 4. The second kappa shape index (κ2) is 9.94. The largest absolute Gasteiger partial charge is 0.483 e. The van der Waals surface area contributed by atoms with E-state index in [4.69, 9.17) is 16.3 Å². The van der Waals surface area contributed by atoms with E-state index < -0.39 is 0 Å². The molecular formula is C23H28ClN3O3. The summed E-state index contributed by atoms with van der Waals surface area (Å²) in [5.74, 6) is 0.899. The van der Waals surface area contributed by atoms with Gasteiger partial charge < -0.3 is 14.5 Å². The molecule has 1 saturated heterocycles. The number of hydrogen-bond donors (Lipinski definition) is 0. The molecule has 7 heteroatoms. The maximum atomic E-state index is 12.6. The molecule has 0 spiro atoms. The lowest BCUT2D eigenvalue weighted by molar-refractivity contribution is -0.140. The van der Waals surface area contributed by atoms with Gasteiger partial charge in [-0.3, -0.25) is 14.6 Å². The van der Waals surface area contributed by atoms with Crippen molar-refractivity contribution < 1.29 is 14.3 Å². The summed E-state index contributed by atoms with van der Waals surface area (Å²) in [6.07, 6.45) is 1.97. The van der Waals surface area contributed by atoms with Crippen molar-refractivity contribution in [1.82, 2.24) is 14.8 Å². The molecule has 0 radical (unpaired) electrons. The van der Waals surface area contributed by atoms with E-state index in [9.17, 15) is 9.59 Å². The van der Waals surface area contributed by atoms with Crippen LogP contribution in [-0.2, 0) is 16.0 Å². The van der Waals surface area contributed by atoms with Crippen LogP contribution in [0.15, 0.2) is 36.5 Å². The molecule has 6 nitrogen and oxygen atoms in total. The van der Waals surface area contributed by atoms with Crippen LogP contribution in [0.5, 0.6) is 5.75 Å². The molecule has 0 saturated carbocycles. The van der Waals surface area contributed by atoms with Crippen molar-refractivity contribution in [2.75, 3.05) is 32.8 Å². The average molecular weight is 430 g/mol. The summed E-state index contributed by atoms with van der Waals surface area (Å²) in [5, 5.41) is 0.698. The lowest BCUT2D eigenvalue weighted by Gasteiger charge is -2.34. The number of aryl methyl sites for hydroxylation is 1. The molecule has 1 aliphatic rings. The van der Waals surface area contributed by atoms with Gasteiger partial charge in [-0.1, -0.05) is 31.5 Å². The first kappa shape index (κ1) is 22.1. The Morgan fingerprint density at radius 1 is 1.10 bits per heavy atom. The molecule has 0 aliphatic carbocycles. The number of halogens is 1. The fourth-order valence-corrected chi connectivity index (χ4v) is 3.62. The third-order valence-corrected chi connectivity index (χ3v) is 5.71. The number of amides is 2. The fourth-order valence-electron chi connectivity index (χ4n) is 3.45. The van der Waals surface area contributed by atoms with Gasteiger partial charge in [0.05, 0.1) is 6.42 Å². The normalized spacial score (nSPS) is 14.2. The first-order chi connectivity index (χ1) is 14.3. The van der Waals surface area contributed by atoms with Crippen molar-refractivity contribution >= 4 is 23.4 Å². The van der Waals surface area contributed by atoms with Crippen molar-refractivity contribution in [3.63, 3.8) is 0 Å². The highest BCUT2D eigenvalue weighted by Crippen LogP contribution is 2.32. The van der Waals surface area contributed by atoms with Crippen LogP contribution in [0.1, 0.15) is 36.6 Å². The zero-order chi connectivity index (χ0) is 21.7. The van der Waals surface area contributed by atoms with Crippen LogP contribution < -0.4 is 4.74 Å². The zero-order valence-electron chi connectivity index (χ0n) is 17.7. The van der Waals surface area contributed by atoms with Crippen molar-refractivity contribution in [1.29, 1.82) is 0 Å². The highest BCUT2D eigenvalue weighted by atomic mass is 35.5. The Kier molecular flexibility index (Phi) is 7.32. The van der Waals surface area contributed by atoms with Gasteiger partial charge in [0.15, 0.2) is 6.61 Å². The molecule has 1 fully saturated rings. The van der Waals surface area contributed by atoms with Gasteiger partial charge in [-0.15, -0.1) is 0 Å². The molecule has 2 aromatic rings. The van der Waals surface area contributed by atoms with Crippen molar-refractivity contribution in [2.45, 2.75) is 33.1 Å². The Morgan fingerprint density at radius 2 is 1.77 bits per heavy atom. The van der Waals surface area contributed by atoms with E-state index in [1.807, 2.05) is 37.3 Å². The Balaban J connectivity index is 1.51. The number of carbonyl (C=O) groups excluding carboxylic acids is 2. The number of rotatable bonds is 6. The Hall–Kier alpha value is -2.60.